The van der Waals surface area contributed by atoms with E-state index in [0.717, 1.165) is 25.2 Å². The molecule has 0 unspecified atom stereocenters. The number of hydrogen-bond acceptors (Lipinski definition) is 3. The first kappa shape index (κ1) is 11.5. The van der Waals surface area contributed by atoms with Gasteiger partial charge < -0.3 is 10.0 Å². The van der Waals surface area contributed by atoms with Crippen molar-refractivity contribution in [3.63, 3.8) is 0 Å². The molecular formula is C11H16N2O2. The van der Waals surface area contributed by atoms with Crippen molar-refractivity contribution < 1.29 is 9.90 Å². The molecule has 1 aromatic rings. The topological polar surface area (TPSA) is 53.4 Å². The number of anilines is 1. The van der Waals surface area contributed by atoms with E-state index in [1.807, 2.05) is 11.8 Å². The zero-order chi connectivity index (χ0) is 11.3. The van der Waals surface area contributed by atoms with Gasteiger partial charge in [-0.15, -0.1) is 0 Å². The third kappa shape index (κ3) is 2.68. The van der Waals surface area contributed by atoms with Crippen LogP contribution in [-0.2, 0) is 0 Å². The van der Waals surface area contributed by atoms with E-state index >= 15 is 0 Å². The van der Waals surface area contributed by atoms with Crippen LogP contribution in [0.25, 0.3) is 0 Å². The van der Waals surface area contributed by atoms with Crippen molar-refractivity contribution in [3.8, 4) is 0 Å². The average Bonchev–Trinajstić information content (AvgIpc) is 2.26. The van der Waals surface area contributed by atoms with Gasteiger partial charge in [-0.25, -0.2) is 4.79 Å². The highest BCUT2D eigenvalue weighted by atomic mass is 16.4. The molecule has 0 aliphatic heterocycles. The molecule has 0 radical (unpaired) electrons. The van der Waals surface area contributed by atoms with Gasteiger partial charge in [-0.3, -0.25) is 4.98 Å². The summed E-state index contributed by atoms with van der Waals surface area (Å²) in [5, 5.41) is 9.01. The zero-order valence-electron chi connectivity index (χ0n) is 9.10. The molecule has 0 saturated carbocycles. The maximum atomic E-state index is 11.0. The summed E-state index contributed by atoms with van der Waals surface area (Å²) in [7, 11) is 0. The van der Waals surface area contributed by atoms with Crippen molar-refractivity contribution in [2.45, 2.75) is 20.3 Å². The Morgan fingerprint density at radius 2 is 2.27 bits per heavy atom. The van der Waals surface area contributed by atoms with Gasteiger partial charge in [0, 0.05) is 25.5 Å². The minimum Gasteiger partial charge on any atom is -0.478 e. The van der Waals surface area contributed by atoms with Gasteiger partial charge in [0.2, 0.25) is 0 Å². The number of pyridine rings is 1. The van der Waals surface area contributed by atoms with Crippen LogP contribution >= 0.6 is 0 Å². The standard InChI is InChI=1S/C11H16N2O2/c1-3-7-13(4-2)10-5-6-12-8-9(10)11(14)15/h5-6,8H,3-4,7H2,1-2H3,(H,14,15). The number of carbonyl (C=O) groups is 1. The molecule has 1 heterocycles. The Hall–Kier alpha value is -1.58. The van der Waals surface area contributed by atoms with Crippen molar-refractivity contribution >= 4 is 11.7 Å². The molecular weight excluding hydrogens is 192 g/mol. The first-order valence-electron chi connectivity index (χ1n) is 5.13. The van der Waals surface area contributed by atoms with Gasteiger partial charge in [0.1, 0.15) is 5.56 Å². The summed E-state index contributed by atoms with van der Waals surface area (Å²) in [4.78, 5) is 16.9. The van der Waals surface area contributed by atoms with Gasteiger partial charge in [0.15, 0.2) is 0 Å². The molecule has 0 spiro atoms. The summed E-state index contributed by atoms with van der Waals surface area (Å²) in [6.07, 6.45) is 4.02. The lowest BCUT2D eigenvalue weighted by molar-refractivity contribution is 0.0697. The van der Waals surface area contributed by atoms with Gasteiger partial charge in [0.25, 0.3) is 0 Å². The van der Waals surface area contributed by atoms with Gasteiger partial charge in [-0.1, -0.05) is 6.92 Å². The normalized spacial score (nSPS) is 10.0. The van der Waals surface area contributed by atoms with Gasteiger partial charge in [-0.2, -0.15) is 0 Å². The Labute approximate surface area is 89.6 Å². The second-order valence-electron chi connectivity index (χ2n) is 3.28. The van der Waals surface area contributed by atoms with Crippen LogP contribution in [0.5, 0.6) is 0 Å². The summed E-state index contributed by atoms with van der Waals surface area (Å²) in [5.41, 5.74) is 1.02. The van der Waals surface area contributed by atoms with E-state index in [0.29, 0.717) is 0 Å². The molecule has 0 saturated heterocycles. The number of aromatic carboxylic acids is 1. The fourth-order valence-electron chi connectivity index (χ4n) is 1.55. The Kier molecular flexibility index (Phi) is 4.09. The van der Waals surface area contributed by atoms with Crippen LogP contribution in [-0.4, -0.2) is 29.1 Å². The molecule has 1 aromatic heterocycles. The minimum absolute atomic E-state index is 0.271. The highest BCUT2D eigenvalue weighted by Gasteiger charge is 2.13. The summed E-state index contributed by atoms with van der Waals surface area (Å²) >= 11 is 0. The molecule has 1 N–H and O–H groups in total. The first-order chi connectivity index (χ1) is 7.20. The van der Waals surface area contributed by atoms with Crippen molar-refractivity contribution in [2.75, 3.05) is 18.0 Å². The van der Waals surface area contributed by atoms with Crippen LogP contribution in [0.15, 0.2) is 18.5 Å². The van der Waals surface area contributed by atoms with E-state index in [-0.39, 0.29) is 5.56 Å². The van der Waals surface area contributed by atoms with Crippen molar-refractivity contribution in [3.05, 3.63) is 24.0 Å². The Morgan fingerprint density at radius 3 is 2.80 bits per heavy atom. The number of carboxylic acids is 1. The van der Waals surface area contributed by atoms with Crippen molar-refractivity contribution in [2.24, 2.45) is 0 Å². The fraction of sp³-hybridized carbons (Fsp3) is 0.455. The van der Waals surface area contributed by atoms with Crippen LogP contribution in [0.1, 0.15) is 30.6 Å². The van der Waals surface area contributed by atoms with Crippen LogP contribution in [0.2, 0.25) is 0 Å². The Morgan fingerprint density at radius 1 is 1.53 bits per heavy atom. The summed E-state index contributed by atoms with van der Waals surface area (Å²) in [5.74, 6) is -0.923. The Balaban J connectivity index is 3.04. The maximum absolute atomic E-state index is 11.0. The molecule has 0 bridgehead atoms. The number of hydrogen-bond donors (Lipinski definition) is 1. The molecule has 82 valence electrons. The van der Waals surface area contributed by atoms with Crippen molar-refractivity contribution in [1.29, 1.82) is 0 Å². The molecule has 4 nitrogen and oxygen atoms in total. The SMILES string of the molecule is CCCN(CC)c1ccncc1C(=O)O. The highest BCUT2D eigenvalue weighted by molar-refractivity contribution is 5.94. The number of rotatable bonds is 5. The van der Waals surface area contributed by atoms with E-state index in [1.54, 1.807) is 12.3 Å². The van der Waals surface area contributed by atoms with E-state index in [2.05, 4.69) is 11.9 Å². The molecule has 0 amide bonds. The molecule has 4 heteroatoms. The number of aromatic nitrogens is 1. The third-order valence-corrected chi connectivity index (χ3v) is 2.24. The van der Waals surface area contributed by atoms with Gasteiger partial charge >= 0.3 is 5.97 Å². The monoisotopic (exact) mass is 208 g/mol. The fourth-order valence-corrected chi connectivity index (χ4v) is 1.55. The lowest BCUT2D eigenvalue weighted by Gasteiger charge is -2.23. The van der Waals surface area contributed by atoms with E-state index in [1.165, 1.54) is 6.20 Å². The lowest BCUT2D eigenvalue weighted by Crippen LogP contribution is -2.25. The molecule has 0 aliphatic carbocycles. The van der Waals surface area contributed by atoms with E-state index < -0.39 is 5.97 Å². The maximum Gasteiger partial charge on any atom is 0.339 e. The van der Waals surface area contributed by atoms with Crippen LogP contribution < -0.4 is 4.90 Å². The number of carboxylic acid groups (broad SMARTS) is 1. The predicted molar refractivity (Wildman–Crippen MR) is 59.4 cm³/mol. The van der Waals surface area contributed by atoms with Crippen LogP contribution in [0, 0.1) is 0 Å². The third-order valence-electron chi connectivity index (χ3n) is 2.24. The summed E-state index contributed by atoms with van der Waals surface area (Å²) in [6.45, 7) is 5.75. The average molecular weight is 208 g/mol. The minimum atomic E-state index is -0.923. The molecule has 1 rings (SSSR count). The highest BCUT2D eigenvalue weighted by Crippen LogP contribution is 2.19. The lowest BCUT2D eigenvalue weighted by atomic mass is 10.2. The quantitative estimate of drug-likeness (QED) is 0.804. The second kappa shape index (κ2) is 5.34. The zero-order valence-corrected chi connectivity index (χ0v) is 9.10. The molecule has 0 fully saturated rings. The summed E-state index contributed by atoms with van der Waals surface area (Å²) in [6, 6.07) is 1.75. The van der Waals surface area contributed by atoms with Crippen LogP contribution in [0.4, 0.5) is 5.69 Å². The largest absolute Gasteiger partial charge is 0.478 e. The van der Waals surface area contributed by atoms with Crippen molar-refractivity contribution in [1.82, 2.24) is 4.98 Å². The Bertz CT molecular complexity index is 339. The second-order valence-corrected chi connectivity index (χ2v) is 3.28. The van der Waals surface area contributed by atoms with Crippen LogP contribution in [0.3, 0.4) is 0 Å². The van der Waals surface area contributed by atoms with E-state index in [9.17, 15) is 4.79 Å². The smallest absolute Gasteiger partial charge is 0.339 e. The van der Waals surface area contributed by atoms with E-state index in [4.69, 9.17) is 5.11 Å². The van der Waals surface area contributed by atoms with Gasteiger partial charge in [0.05, 0.1) is 5.69 Å². The molecule has 0 aromatic carbocycles. The van der Waals surface area contributed by atoms with Gasteiger partial charge in [-0.05, 0) is 19.4 Å². The first-order valence-corrected chi connectivity index (χ1v) is 5.13. The number of nitrogens with zero attached hydrogens (tertiary/aromatic N) is 2. The summed E-state index contributed by atoms with van der Waals surface area (Å²) < 4.78 is 0. The molecule has 0 atom stereocenters. The molecule has 15 heavy (non-hydrogen) atoms. The predicted octanol–water partition coefficient (Wildman–Crippen LogP) is 2.02. The molecule has 0 aliphatic rings.